The maximum Gasteiger partial charge on any atom is 0.125 e. The van der Waals surface area contributed by atoms with E-state index < -0.39 is 0 Å². The largest absolute Gasteiger partial charge is 0.368 e. The molecule has 0 aliphatic carbocycles. The molecule has 1 aromatic carbocycles. The van der Waals surface area contributed by atoms with Gasteiger partial charge in [-0.05, 0) is 25.1 Å². The summed E-state index contributed by atoms with van der Waals surface area (Å²) in [7, 11) is 0. The van der Waals surface area contributed by atoms with Crippen molar-refractivity contribution in [2.45, 2.75) is 17.9 Å². The fourth-order valence-corrected chi connectivity index (χ4v) is 2.81. The summed E-state index contributed by atoms with van der Waals surface area (Å²) in [5.74, 6) is 0.872. The number of benzene rings is 1. The highest BCUT2D eigenvalue weighted by Gasteiger charge is 2.18. The maximum atomic E-state index is 13.1. The summed E-state index contributed by atoms with van der Waals surface area (Å²) in [6.07, 6.45) is 0. The fourth-order valence-electron chi connectivity index (χ4n) is 1.78. The Kier molecular flexibility index (Phi) is 3.17. The molecule has 1 heterocycles. The second kappa shape index (κ2) is 4.41. The Bertz CT molecular complexity index is 354. The number of halogens is 1. The number of hydrogen-bond acceptors (Lipinski definition) is 3. The Morgan fingerprint density at radius 2 is 2.40 bits per heavy atom. The van der Waals surface area contributed by atoms with Crippen molar-refractivity contribution in [3.05, 3.63) is 24.0 Å². The molecule has 15 heavy (non-hydrogen) atoms. The first-order valence-electron chi connectivity index (χ1n) is 5.09. The Morgan fingerprint density at radius 3 is 3.13 bits per heavy atom. The van der Waals surface area contributed by atoms with Crippen molar-refractivity contribution >= 4 is 17.4 Å². The predicted octanol–water partition coefficient (Wildman–Crippen LogP) is 2.08. The molecule has 0 spiro atoms. The molecule has 2 N–H and O–H groups in total. The molecule has 0 aromatic heterocycles. The number of anilines is 1. The molecule has 0 amide bonds. The number of nitrogens with zero attached hydrogens (tertiary/aromatic N) is 1. The number of nitrogens with two attached hydrogens (primary N) is 1. The van der Waals surface area contributed by atoms with Gasteiger partial charge in [-0.2, -0.15) is 0 Å². The van der Waals surface area contributed by atoms with Crippen LogP contribution in [-0.2, 0) is 0 Å². The monoisotopic (exact) mass is 226 g/mol. The molecule has 0 fully saturated rings. The van der Waals surface area contributed by atoms with Gasteiger partial charge in [0.25, 0.3) is 0 Å². The topological polar surface area (TPSA) is 29.3 Å². The van der Waals surface area contributed by atoms with Crippen LogP contribution in [0.25, 0.3) is 0 Å². The summed E-state index contributed by atoms with van der Waals surface area (Å²) in [5, 5.41) is 0. The molecule has 1 aliphatic rings. The summed E-state index contributed by atoms with van der Waals surface area (Å²) in [5.41, 5.74) is 6.77. The van der Waals surface area contributed by atoms with Crippen LogP contribution in [0.15, 0.2) is 23.1 Å². The third-order valence-electron chi connectivity index (χ3n) is 2.39. The molecule has 0 bridgehead atoms. The zero-order valence-electron chi connectivity index (χ0n) is 8.74. The summed E-state index contributed by atoms with van der Waals surface area (Å²) in [4.78, 5) is 3.32. The molecule has 1 aromatic rings. The first-order chi connectivity index (χ1) is 7.16. The third kappa shape index (κ3) is 2.44. The SMILES string of the molecule is CC(N)CN1CCSc2ccc(F)cc21. The van der Waals surface area contributed by atoms with Gasteiger partial charge in [-0.25, -0.2) is 4.39 Å². The Hall–Kier alpha value is -0.740. The van der Waals surface area contributed by atoms with E-state index in [4.69, 9.17) is 5.73 Å². The van der Waals surface area contributed by atoms with Crippen LogP contribution in [0, 0.1) is 5.82 Å². The van der Waals surface area contributed by atoms with Crippen LogP contribution in [-0.4, -0.2) is 24.9 Å². The van der Waals surface area contributed by atoms with Gasteiger partial charge in [0, 0.05) is 29.8 Å². The van der Waals surface area contributed by atoms with Crippen LogP contribution in [0.4, 0.5) is 10.1 Å². The number of fused-ring (bicyclic) bond motifs is 1. The minimum atomic E-state index is -0.175. The molecule has 0 saturated heterocycles. The average molecular weight is 226 g/mol. The molecule has 2 rings (SSSR count). The van der Waals surface area contributed by atoms with Crippen LogP contribution in [0.5, 0.6) is 0 Å². The molecular formula is C11H15FN2S. The molecule has 82 valence electrons. The lowest BCUT2D eigenvalue weighted by molar-refractivity contribution is 0.621. The minimum absolute atomic E-state index is 0.115. The van der Waals surface area contributed by atoms with E-state index in [2.05, 4.69) is 4.90 Å². The third-order valence-corrected chi connectivity index (χ3v) is 3.43. The summed E-state index contributed by atoms with van der Waals surface area (Å²) < 4.78 is 13.1. The number of hydrogen-bond donors (Lipinski definition) is 1. The Morgan fingerprint density at radius 1 is 1.60 bits per heavy atom. The molecule has 0 saturated carbocycles. The fraction of sp³-hybridized carbons (Fsp3) is 0.455. The zero-order chi connectivity index (χ0) is 10.8. The van der Waals surface area contributed by atoms with Gasteiger partial charge in [-0.1, -0.05) is 0 Å². The average Bonchev–Trinajstić information content (AvgIpc) is 2.18. The molecule has 1 atom stereocenters. The van der Waals surface area contributed by atoms with Crippen molar-refractivity contribution in [1.29, 1.82) is 0 Å². The highest BCUT2D eigenvalue weighted by atomic mass is 32.2. The Balaban J connectivity index is 2.28. The highest BCUT2D eigenvalue weighted by molar-refractivity contribution is 7.99. The minimum Gasteiger partial charge on any atom is -0.368 e. The van der Waals surface area contributed by atoms with Gasteiger partial charge in [0.1, 0.15) is 5.82 Å². The Labute approximate surface area is 93.6 Å². The highest BCUT2D eigenvalue weighted by Crippen LogP contribution is 2.34. The molecular weight excluding hydrogens is 211 g/mol. The molecule has 1 aliphatic heterocycles. The van der Waals surface area contributed by atoms with Crippen LogP contribution in [0.1, 0.15) is 6.92 Å². The van der Waals surface area contributed by atoms with Gasteiger partial charge < -0.3 is 10.6 Å². The summed E-state index contributed by atoms with van der Waals surface area (Å²) >= 11 is 1.78. The lowest BCUT2D eigenvalue weighted by Gasteiger charge is -2.32. The van der Waals surface area contributed by atoms with Crippen molar-refractivity contribution < 1.29 is 4.39 Å². The van der Waals surface area contributed by atoms with Gasteiger partial charge in [0.05, 0.1) is 5.69 Å². The molecule has 4 heteroatoms. The van der Waals surface area contributed by atoms with Gasteiger partial charge in [-0.15, -0.1) is 11.8 Å². The quantitative estimate of drug-likeness (QED) is 0.837. The van der Waals surface area contributed by atoms with E-state index in [-0.39, 0.29) is 11.9 Å². The second-order valence-corrected chi connectivity index (χ2v) is 5.02. The van der Waals surface area contributed by atoms with Crippen molar-refractivity contribution in [2.24, 2.45) is 5.73 Å². The van der Waals surface area contributed by atoms with Crippen LogP contribution < -0.4 is 10.6 Å². The van der Waals surface area contributed by atoms with Crippen molar-refractivity contribution in [2.75, 3.05) is 23.7 Å². The van der Waals surface area contributed by atoms with Crippen molar-refractivity contribution in [1.82, 2.24) is 0 Å². The van der Waals surface area contributed by atoms with Gasteiger partial charge in [-0.3, -0.25) is 0 Å². The summed E-state index contributed by atoms with van der Waals surface area (Å²) in [6, 6.07) is 5.08. The lowest BCUT2D eigenvalue weighted by Crippen LogP contribution is -2.38. The van der Waals surface area contributed by atoms with Crippen molar-refractivity contribution in [3.8, 4) is 0 Å². The number of thioether (sulfide) groups is 1. The molecule has 0 radical (unpaired) electrons. The number of rotatable bonds is 2. The lowest BCUT2D eigenvalue weighted by atomic mass is 10.2. The van der Waals surface area contributed by atoms with Crippen LogP contribution >= 0.6 is 11.8 Å². The van der Waals surface area contributed by atoms with E-state index in [0.29, 0.717) is 0 Å². The first-order valence-corrected chi connectivity index (χ1v) is 6.08. The van der Waals surface area contributed by atoms with E-state index >= 15 is 0 Å². The zero-order valence-corrected chi connectivity index (χ0v) is 9.56. The van der Waals surface area contributed by atoms with E-state index in [9.17, 15) is 4.39 Å². The van der Waals surface area contributed by atoms with E-state index in [1.807, 2.05) is 13.0 Å². The maximum absolute atomic E-state index is 13.1. The van der Waals surface area contributed by atoms with Gasteiger partial charge in [0.15, 0.2) is 0 Å². The van der Waals surface area contributed by atoms with Crippen LogP contribution in [0.2, 0.25) is 0 Å². The van der Waals surface area contributed by atoms with Crippen molar-refractivity contribution in [3.63, 3.8) is 0 Å². The molecule has 1 unspecified atom stereocenters. The van der Waals surface area contributed by atoms with E-state index in [1.54, 1.807) is 17.8 Å². The van der Waals surface area contributed by atoms with Gasteiger partial charge in [0.2, 0.25) is 0 Å². The summed E-state index contributed by atoms with van der Waals surface area (Å²) in [6.45, 7) is 3.71. The standard InChI is InChI=1S/C11H15FN2S/c1-8(13)7-14-4-5-15-11-3-2-9(12)6-10(11)14/h2-3,6,8H,4-5,7,13H2,1H3. The predicted molar refractivity (Wildman–Crippen MR) is 63.0 cm³/mol. The van der Waals surface area contributed by atoms with Crippen LogP contribution in [0.3, 0.4) is 0 Å². The smallest absolute Gasteiger partial charge is 0.125 e. The van der Waals surface area contributed by atoms with E-state index in [0.717, 1.165) is 29.4 Å². The molecule has 2 nitrogen and oxygen atoms in total. The first kappa shape index (κ1) is 10.8. The van der Waals surface area contributed by atoms with E-state index in [1.165, 1.54) is 6.07 Å². The second-order valence-electron chi connectivity index (χ2n) is 3.88. The van der Waals surface area contributed by atoms with Gasteiger partial charge >= 0.3 is 0 Å². The normalized spacial score (nSPS) is 17.4.